The van der Waals surface area contributed by atoms with Gasteiger partial charge in [0.05, 0.1) is 29.0 Å². The summed E-state index contributed by atoms with van der Waals surface area (Å²) in [4.78, 5) is 0. The van der Waals surface area contributed by atoms with Crippen LogP contribution in [0.4, 0.5) is 0 Å². The van der Waals surface area contributed by atoms with Crippen LogP contribution in [0, 0.1) is 18.3 Å². The Labute approximate surface area is 125 Å². The first-order valence-electron chi connectivity index (χ1n) is 6.82. The van der Waals surface area contributed by atoms with Gasteiger partial charge in [-0.05, 0) is 18.4 Å². The lowest BCUT2D eigenvalue weighted by Crippen LogP contribution is -2.02. The number of halogens is 1. The summed E-state index contributed by atoms with van der Waals surface area (Å²) in [6.07, 6.45) is 3.46. The Morgan fingerprint density at radius 2 is 2.10 bits per heavy atom. The lowest BCUT2D eigenvalue weighted by Gasteiger charge is -2.08. The molecule has 0 aliphatic carbocycles. The Morgan fingerprint density at radius 1 is 1.45 bits per heavy atom. The molecule has 2 rings (SSSR count). The van der Waals surface area contributed by atoms with E-state index in [9.17, 15) is 5.26 Å². The molecular weight excluding hydrogens is 272 g/mol. The highest BCUT2D eigenvalue weighted by atomic mass is 35.5. The normalized spacial score (nSPS) is 10.1. The van der Waals surface area contributed by atoms with Crippen molar-refractivity contribution in [2.24, 2.45) is 0 Å². The summed E-state index contributed by atoms with van der Waals surface area (Å²) in [5.41, 5.74) is 3.80. The molecule has 2 aromatic heterocycles. The molecule has 0 saturated heterocycles. The minimum absolute atomic E-state index is 0.332. The van der Waals surface area contributed by atoms with Crippen LogP contribution in [0.1, 0.15) is 56.1 Å². The Hall–Kier alpha value is -1.73. The van der Waals surface area contributed by atoms with E-state index in [0.29, 0.717) is 17.5 Å². The molecule has 0 radical (unpaired) electrons. The number of nitrogens with one attached hydrogen (secondary N) is 1. The second-order valence-electron chi connectivity index (χ2n) is 4.63. The second-order valence-corrected chi connectivity index (χ2v) is 5.04. The van der Waals surface area contributed by atoms with Gasteiger partial charge >= 0.3 is 0 Å². The molecular formula is C15H21ClN4. The number of hydrogen-bond acceptors (Lipinski definition) is 2. The van der Waals surface area contributed by atoms with Crippen molar-refractivity contribution >= 4 is 11.6 Å². The van der Waals surface area contributed by atoms with Crippen LogP contribution in [-0.4, -0.2) is 14.8 Å². The van der Waals surface area contributed by atoms with Crippen molar-refractivity contribution < 1.29 is 0 Å². The SMILES string of the molecule is CC.Cc1c(C(C)C)c(C#N)cn1Cc1[nH]ncc1Cl. The average Bonchev–Trinajstić information content (AvgIpc) is 2.97. The first-order chi connectivity index (χ1) is 9.54. The molecule has 2 aromatic rings. The van der Waals surface area contributed by atoms with Crippen LogP contribution in [0.5, 0.6) is 0 Å². The minimum atomic E-state index is 0.332. The van der Waals surface area contributed by atoms with Gasteiger partial charge in [0.15, 0.2) is 0 Å². The van der Waals surface area contributed by atoms with Gasteiger partial charge in [0.1, 0.15) is 6.07 Å². The van der Waals surface area contributed by atoms with E-state index in [1.807, 2.05) is 31.5 Å². The highest BCUT2D eigenvalue weighted by Crippen LogP contribution is 2.26. The molecule has 0 fully saturated rings. The number of H-pyrrole nitrogens is 1. The molecule has 0 aromatic carbocycles. The number of nitriles is 1. The molecule has 4 nitrogen and oxygen atoms in total. The summed E-state index contributed by atoms with van der Waals surface area (Å²) in [7, 11) is 0. The summed E-state index contributed by atoms with van der Waals surface area (Å²) in [6, 6.07) is 2.25. The summed E-state index contributed by atoms with van der Waals surface area (Å²) in [5.74, 6) is 0.332. The molecule has 2 heterocycles. The quantitative estimate of drug-likeness (QED) is 0.919. The maximum atomic E-state index is 9.18. The molecule has 108 valence electrons. The molecule has 0 atom stereocenters. The first kappa shape index (κ1) is 16.3. The van der Waals surface area contributed by atoms with Gasteiger partial charge in [0.2, 0.25) is 0 Å². The number of aromatic nitrogens is 3. The van der Waals surface area contributed by atoms with Crippen LogP contribution in [0.15, 0.2) is 12.4 Å². The van der Waals surface area contributed by atoms with Gasteiger partial charge in [-0.25, -0.2) is 0 Å². The fourth-order valence-electron chi connectivity index (χ4n) is 2.23. The Morgan fingerprint density at radius 3 is 2.50 bits per heavy atom. The molecule has 0 unspecified atom stereocenters. The van der Waals surface area contributed by atoms with E-state index in [0.717, 1.165) is 22.5 Å². The third-order valence-electron chi connectivity index (χ3n) is 3.09. The Balaban J connectivity index is 0.000000956. The van der Waals surface area contributed by atoms with Crippen molar-refractivity contribution in [1.29, 1.82) is 5.26 Å². The van der Waals surface area contributed by atoms with Crippen LogP contribution in [0.25, 0.3) is 0 Å². The predicted molar refractivity (Wildman–Crippen MR) is 82.0 cm³/mol. The molecule has 20 heavy (non-hydrogen) atoms. The van der Waals surface area contributed by atoms with E-state index >= 15 is 0 Å². The zero-order chi connectivity index (χ0) is 15.3. The van der Waals surface area contributed by atoms with Crippen molar-refractivity contribution in [1.82, 2.24) is 14.8 Å². The zero-order valence-corrected chi connectivity index (χ0v) is 13.4. The lowest BCUT2D eigenvalue weighted by molar-refractivity contribution is 0.735. The summed E-state index contributed by atoms with van der Waals surface area (Å²) in [5, 5.41) is 16.6. The number of rotatable bonds is 3. The van der Waals surface area contributed by atoms with Gasteiger partial charge < -0.3 is 4.57 Å². The van der Waals surface area contributed by atoms with Gasteiger partial charge in [-0.3, -0.25) is 5.10 Å². The van der Waals surface area contributed by atoms with Crippen molar-refractivity contribution in [2.45, 2.75) is 47.1 Å². The maximum Gasteiger partial charge on any atom is 0.101 e. The van der Waals surface area contributed by atoms with E-state index < -0.39 is 0 Å². The fourth-order valence-corrected chi connectivity index (χ4v) is 2.38. The zero-order valence-electron chi connectivity index (χ0n) is 12.7. The minimum Gasteiger partial charge on any atom is -0.344 e. The Kier molecular flexibility index (Phi) is 5.84. The van der Waals surface area contributed by atoms with Gasteiger partial charge in [-0.15, -0.1) is 0 Å². The number of aromatic amines is 1. The van der Waals surface area contributed by atoms with E-state index in [1.165, 1.54) is 0 Å². The summed E-state index contributed by atoms with van der Waals surface area (Å²) < 4.78 is 2.04. The monoisotopic (exact) mass is 292 g/mol. The van der Waals surface area contributed by atoms with E-state index in [4.69, 9.17) is 11.6 Å². The van der Waals surface area contributed by atoms with Gasteiger partial charge in [-0.2, -0.15) is 10.4 Å². The average molecular weight is 293 g/mol. The molecule has 0 saturated carbocycles. The third-order valence-corrected chi connectivity index (χ3v) is 3.41. The van der Waals surface area contributed by atoms with Gasteiger partial charge in [0.25, 0.3) is 0 Å². The van der Waals surface area contributed by atoms with E-state index in [1.54, 1.807) is 6.20 Å². The van der Waals surface area contributed by atoms with Crippen LogP contribution in [0.2, 0.25) is 5.02 Å². The van der Waals surface area contributed by atoms with Crippen LogP contribution in [-0.2, 0) is 6.54 Å². The topological polar surface area (TPSA) is 57.4 Å². The van der Waals surface area contributed by atoms with Crippen molar-refractivity contribution in [3.63, 3.8) is 0 Å². The van der Waals surface area contributed by atoms with Crippen LogP contribution < -0.4 is 0 Å². The molecule has 0 bridgehead atoms. The Bertz CT molecular complexity index is 602. The second kappa shape index (κ2) is 7.16. The standard InChI is InChI=1S/C13H15ClN4.C2H6/c1-8(2)13-9(3)18(6-10(13)4-15)7-12-11(14)5-16-17-12;1-2/h5-6,8H,7H2,1-3H3,(H,16,17);1-2H3. The predicted octanol–water partition coefficient (Wildman–Crippen LogP) is 4.24. The summed E-state index contributed by atoms with van der Waals surface area (Å²) >= 11 is 6.01. The van der Waals surface area contributed by atoms with E-state index in [2.05, 4.69) is 30.1 Å². The van der Waals surface area contributed by atoms with Crippen molar-refractivity contribution in [3.05, 3.63) is 39.9 Å². The number of hydrogen-bond donors (Lipinski definition) is 1. The third kappa shape index (κ3) is 3.23. The van der Waals surface area contributed by atoms with Crippen molar-refractivity contribution in [2.75, 3.05) is 0 Å². The molecule has 0 spiro atoms. The van der Waals surface area contributed by atoms with Crippen LogP contribution in [0.3, 0.4) is 0 Å². The van der Waals surface area contributed by atoms with Gasteiger partial charge in [-0.1, -0.05) is 39.3 Å². The summed E-state index contributed by atoms with van der Waals surface area (Å²) in [6.45, 7) is 10.8. The largest absolute Gasteiger partial charge is 0.344 e. The lowest BCUT2D eigenvalue weighted by atomic mass is 10.00. The molecule has 0 amide bonds. The highest BCUT2D eigenvalue weighted by Gasteiger charge is 2.16. The van der Waals surface area contributed by atoms with Crippen LogP contribution >= 0.6 is 11.6 Å². The fraction of sp³-hybridized carbons (Fsp3) is 0.467. The molecule has 0 aliphatic heterocycles. The molecule has 5 heteroatoms. The first-order valence-corrected chi connectivity index (χ1v) is 7.19. The van der Waals surface area contributed by atoms with E-state index in [-0.39, 0.29) is 0 Å². The molecule has 0 aliphatic rings. The van der Waals surface area contributed by atoms with Gasteiger partial charge in [0, 0.05) is 11.9 Å². The highest BCUT2D eigenvalue weighted by molar-refractivity contribution is 6.31. The van der Waals surface area contributed by atoms with Crippen molar-refractivity contribution in [3.8, 4) is 6.07 Å². The number of nitrogens with zero attached hydrogens (tertiary/aromatic N) is 3. The molecule has 1 N–H and O–H groups in total. The smallest absolute Gasteiger partial charge is 0.101 e. The maximum absolute atomic E-state index is 9.18.